The van der Waals surface area contributed by atoms with Crippen molar-refractivity contribution in [2.24, 2.45) is 4.99 Å². The van der Waals surface area contributed by atoms with E-state index in [1.165, 1.54) is 17.6 Å². The summed E-state index contributed by atoms with van der Waals surface area (Å²) in [5.41, 5.74) is 1.01. The Kier molecular flexibility index (Phi) is 3.98. The molecule has 0 fully saturated rings. The summed E-state index contributed by atoms with van der Waals surface area (Å²) in [6.07, 6.45) is 1.32. The zero-order valence-corrected chi connectivity index (χ0v) is 12.9. The number of amides is 1. The van der Waals surface area contributed by atoms with Crippen LogP contribution in [0.1, 0.15) is 6.92 Å². The molecule has 1 aromatic carbocycles. The topological polar surface area (TPSA) is 52.8 Å². The number of carbonyl (C=O) groups is 1. The molecule has 1 aliphatic heterocycles. The maximum Gasteiger partial charge on any atom is 0.317 e. The lowest BCUT2D eigenvalue weighted by Crippen LogP contribution is -2.19. The molecule has 0 saturated carbocycles. The van der Waals surface area contributed by atoms with Crippen LogP contribution >= 0.6 is 22.9 Å². The van der Waals surface area contributed by atoms with Gasteiger partial charge < -0.3 is 14.0 Å². The number of hydrogen-bond acceptors (Lipinski definition) is 4. The average molecular weight is 325 g/mol. The Morgan fingerprint density at radius 2 is 2.33 bits per heavy atom. The molecular weight excluding hydrogens is 312 g/mol. The Hall–Kier alpha value is -1.79. The van der Waals surface area contributed by atoms with Crippen LogP contribution in [-0.4, -0.2) is 23.7 Å². The second kappa shape index (κ2) is 5.91. The van der Waals surface area contributed by atoms with Crippen molar-refractivity contribution < 1.29 is 14.3 Å². The van der Waals surface area contributed by atoms with E-state index in [4.69, 9.17) is 21.1 Å². The number of carbonyl (C=O) groups excluding carboxylic acids is 1. The minimum absolute atomic E-state index is 0.138. The number of benzene rings is 1. The highest BCUT2D eigenvalue weighted by atomic mass is 35.5. The van der Waals surface area contributed by atoms with Gasteiger partial charge in [0.25, 0.3) is 0 Å². The number of aromatic nitrogens is 1. The molecule has 21 heavy (non-hydrogen) atoms. The number of nitrogens with zero attached hydrogens (tertiary/aromatic N) is 2. The van der Waals surface area contributed by atoms with Crippen molar-refractivity contribution in [3.63, 3.8) is 0 Å². The lowest BCUT2D eigenvalue weighted by Gasteiger charge is -2.12. The molecule has 1 aromatic heterocycles. The molecule has 2 heterocycles. The maximum atomic E-state index is 12.1. The molecule has 0 N–H and O–H groups in total. The summed E-state index contributed by atoms with van der Waals surface area (Å²) in [7, 11) is 0. The minimum atomic E-state index is -0.436. The number of halogens is 1. The number of ether oxygens (including phenoxy) is 2. The van der Waals surface area contributed by atoms with Crippen molar-refractivity contribution in [3.05, 3.63) is 40.0 Å². The van der Waals surface area contributed by atoms with Gasteiger partial charge in [-0.1, -0.05) is 22.9 Å². The smallest absolute Gasteiger partial charge is 0.317 e. The molecule has 0 aliphatic carbocycles. The lowest BCUT2D eigenvalue weighted by molar-refractivity contribution is -0.119. The van der Waals surface area contributed by atoms with E-state index in [0.717, 1.165) is 10.2 Å². The summed E-state index contributed by atoms with van der Waals surface area (Å²) in [5, 5.41) is 0.664. The Labute approximate surface area is 130 Å². The van der Waals surface area contributed by atoms with Crippen molar-refractivity contribution in [2.45, 2.75) is 13.5 Å². The van der Waals surface area contributed by atoms with Gasteiger partial charge in [0.2, 0.25) is 5.76 Å². The molecule has 0 unspecified atom stereocenters. The van der Waals surface area contributed by atoms with Crippen molar-refractivity contribution in [1.29, 1.82) is 0 Å². The van der Waals surface area contributed by atoms with Crippen LogP contribution in [0, 0.1) is 0 Å². The standard InChI is InChI=1S/C14H13ClN2O3S/c1-2-17-10-4-3-9(15)7-12(10)21-14(17)16-13(18)11-8-19-5-6-20-11/h3-4,7-8H,2,5-6H2,1H3. The predicted octanol–water partition coefficient (Wildman–Crippen LogP) is 2.69. The molecule has 7 heteroatoms. The zero-order chi connectivity index (χ0) is 14.8. The molecular formula is C14H13ClN2O3S. The third kappa shape index (κ3) is 2.82. The normalized spacial score (nSPS) is 15.5. The molecule has 1 amide bonds. The number of hydrogen-bond donors (Lipinski definition) is 0. The average Bonchev–Trinajstić information content (AvgIpc) is 2.84. The summed E-state index contributed by atoms with van der Waals surface area (Å²) in [6.45, 7) is 3.53. The summed E-state index contributed by atoms with van der Waals surface area (Å²) in [4.78, 5) is 16.9. The number of rotatable bonds is 2. The highest BCUT2D eigenvalue weighted by molar-refractivity contribution is 7.16. The number of aryl methyl sites for hydroxylation is 1. The second-order valence-corrected chi connectivity index (χ2v) is 5.80. The first kappa shape index (κ1) is 14.2. The first-order valence-electron chi connectivity index (χ1n) is 6.51. The van der Waals surface area contributed by atoms with Crippen LogP contribution in [0.3, 0.4) is 0 Å². The van der Waals surface area contributed by atoms with E-state index in [0.29, 0.717) is 29.6 Å². The van der Waals surface area contributed by atoms with Gasteiger partial charge in [0.05, 0.1) is 10.2 Å². The van der Waals surface area contributed by atoms with Crippen molar-refractivity contribution >= 4 is 39.1 Å². The molecule has 0 radical (unpaired) electrons. The lowest BCUT2D eigenvalue weighted by atomic mass is 10.3. The minimum Gasteiger partial charge on any atom is -0.494 e. The van der Waals surface area contributed by atoms with E-state index in [-0.39, 0.29) is 5.76 Å². The van der Waals surface area contributed by atoms with Crippen molar-refractivity contribution in [2.75, 3.05) is 13.2 Å². The first-order valence-corrected chi connectivity index (χ1v) is 7.71. The Morgan fingerprint density at radius 3 is 3.05 bits per heavy atom. The third-order valence-corrected chi connectivity index (χ3v) is 4.29. The molecule has 1 aliphatic rings. The largest absolute Gasteiger partial charge is 0.494 e. The van der Waals surface area contributed by atoms with E-state index in [1.807, 2.05) is 29.7 Å². The molecule has 0 atom stereocenters. The van der Waals surface area contributed by atoms with Crippen LogP contribution in [0.4, 0.5) is 0 Å². The summed E-state index contributed by atoms with van der Waals surface area (Å²) in [6, 6.07) is 5.63. The van der Waals surface area contributed by atoms with Gasteiger partial charge in [-0.15, -0.1) is 0 Å². The van der Waals surface area contributed by atoms with E-state index >= 15 is 0 Å². The number of thiazole rings is 1. The van der Waals surface area contributed by atoms with E-state index in [9.17, 15) is 4.79 Å². The van der Waals surface area contributed by atoms with Gasteiger partial charge in [-0.2, -0.15) is 4.99 Å². The Bertz CT molecular complexity index is 791. The van der Waals surface area contributed by atoms with Gasteiger partial charge in [0.15, 0.2) is 4.80 Å². The van der Waals surface area contributed by atoms with Crippen LogP contribution in [0.5, 0.6) is 0 Å². The van der Waals surface area contributed by atoms with Gasteiger partial charge >= 0.3 is 5.91 Å². The fourth-order valence-corrected chi connectivity index (χ4v) is 3.43. The Morgan fingerprint density at radius 1 is 1.48 bits per heavy atom. The molecule has 0 saturated heterocycles. The molecule has 0 spiro atoms. The van der Waals surface area contributed by atoms with Gasteiger partial charge in [-0.25, -0.2) is 0 Å². The van der Waals surface area contributed by atoms with E-state index in [1.54, 1.807) is 0 Å². The first-order chi connectivity index (χ1) is 10.2. The maximum absolute atomic E-state index is 12.1. The molecule has 2 aromatic rings. The molecule has 5 nitrogen and oxygen atoms in total. The summed E-state index contributed by atoms with van der Waals surface area (Å²) >= 11 is 7.43. The Balaban J connectivity index is 2.08. The van der Waals surface area contributed by atoms with Crippen LogP contribution in [0.2, 0.25) is 5.02 Å². The van der Waals surface area contributed by atoms with Gasteiger partial charge in [0, 0.05) is 11.6 Å². The van der Waals surface area contributed by atoms with Crippen LogP contribution in [0.25, 0.3) is 10.2 Å². The fraction of sp³-hybridized carbons (Fsp3) is 0.286. The fourth-order valence-electron chi connectivity index (χ4n) is 2.06. The SMILES string of the molecule is CCn1c(=NC(=O)C2=COCCO2)sc2cc(Cl)ccc21. The van der Waals surface area contributed by atoms with E-state index < -0.39 is 5.91 Å². The monoisotopic (exact) mass is 324 g/mol. The van der Waals surface area contributed by atoms with Crippen LogP contribution < -0.4 is 4.80 Å². The molecule has 110 valence electrons. The van der Waals surface area contributed by atoms with Gasteiger partial charge in [-0.3, -0.25) is 4.79 Å². The van der Waals surface area contributed by atoms with Crippen LogP contribution in [0.15, 0.2) is 35.2 Å². The highest BCUT2D eigenvalue weighted by Gasteiger charge is 2.15. The van der Waals surface area contributed by atoms with Crippen molar-refractivity contribution in [1.82, 2.24) is 4.57 Å². The molecule has 3 rings (SSSR count). The second-order valence-electron chi connectivity index (χ2n) is 4.36. The number of fused-ring (bicyclic) bond motifs is 1. The molecule has 0 bridgehead atoms. The van der Waals surface area contributed by atoms with Crippen LogP contribution in [-0.2, 0) is 20.8 Å². The highest BCUT2D eigenvalue weighted by Crippen LogP contribution is 2.21. The quantitative estimate of drug-likeness (QED) is 0.853. The summed E-state index contributed by atoms with van der Waals surface area (Å²) in [5.74, 6) is -0.297. The van der Waals surface area contributed by atoms with Gasteiger partial charge in [0.1, 0.15) is 19.5 Å². The third-order valence-electron chi connectivity index (χ3n) is 3.02. The van der Waals surface area contributed by atoms with Gasteiger partial charge in [-0.05, 0) is 25.1 Å². The van der Waals surface area contributed by atoms with E-state index in [2.05, 4.69) is 4.99 Å². The predicted molar refractivity (Wildman–Crippen MR) is 81.1 cm³/mol. The zero-order valence-electron chi connectivity index (χ0n) is 11.3. The van der Waals surface area contributed by atoms with Crippen molar-refractivity contribution in [3.8, 4) is 0 Å². The summed E-state index contributed by atoms with van der Waals surface area (Å²) < 4.78 is 13.3.